The van der Waals surface area contributed by atoms with Crippen LogP contribution in [0.1, 0.15) is 182 Å². The quantitative estimate of drug-likeness (QED) is 0.0237. The smallest absolute Gasteiger partial charge is 0.481 e. The van der Waals surface area contributed by atoms with Crippen LogP contribution in [0.5, 0.6) is 5.75 Å². The molecular formula is C55H97N4O18P. The summed E-state index contributed by atoms with van der Waals surface area (Å²) in [6, 6.07) is 4.14. The lowest BCUT2D eigenvalue weighted by Crippen LogP contribution is -2.43. The molecule has 0 aliphatic rings. The number of nitrogens with one attached hydrogen (secondary N) is 4. The molecular weight excluding hydrogens is 1040 g/mol. The zero-order valence-corrected chi connectivity index (χ0v) is 47.9. The highest BCUT2D eigenvalue weighted by Crippen LogP contribution is 2.37. The summed E-state index contributed by atoms with van der Waals surface area (Å²) >= 11 is 0. The third-order valence-electron chi connectivity index (χ3n) is 12.3. The van der Waals surface area contributed by atoms with Gasteiger partial charge in [-0.2, -0.15) is 0 Å². The van der Waals surface area contributed by atoms with Gasteiger partial charge < -0.3 is 55.0 Å². The molecule has 0 saturated carbocycles. The zero-order chi connectivity index (χ0) is 58.2. The third-order valence-corrected chi connectivity index (χ3v) is 12.7. The Morgan fingerprint density at radius 2 is 1.13 bits per heavy atom. The molecule has 23 heteroatoms. The highest BCUT2D eigenvalue weighted by Gasteiger charge is 2.23. The molecule has 0 spiro atoms. The van der Waals surface area contributed by atoms with Crippen molar-refractivity contribution < 1.29 is 87.8 Å². The minimum atomic E-state index is -4.66. The van der Waals surface area contributed by atoms with Crippen molar-refractivity contribution in [1.82, 2.24) is 21.3 Å². The summed E-state index contributed by atoms with van der Waals surface area (Å²) in [5, 5.41) is 28.8. The Bertz CT molecular complexity index is 1880. The van der Waals surface area contributed by atoms with Crippen molar-refractivity contribution in [2.75, 3.05) is 66.4 Å². The van der Waals surface area contributed by atoms with Crippen LogP contribution < -0.4 is 25.8 Å². The van der Waals surface area contributed by atoms with E-state index in [0.29, 0.717) is 96.6 Å². The Morgan fingerprint density at radius 3 is 1.68 bits per heavy atom. The minimum Gasteiger partial charge on any atom is -0.481 e. The number of phosphoric ester groups is 1. The molecule has 0 unspecified atom stereocenters. The van der Waals surface area contributed by atoms with Crippen LogP contribution in [0.4, 0.5) is 0 Å². The molecule has 0 aromatic heterocycles. The molecule has 78 heavy (non-hydrogen) atoms. The van der Waals surface area contributed by atoms with E-state index < -0.39 is 31.8 Å². The summed E-state index contributed by atoms with van der Waals surface area (Å²) in [6.07, 6.45) is 19.9. The van der Waals surface area contributed by atoms with Crippen molar-refractivity contribution in [3.8, 4) is 5.75 Å². The van der Waals surface area contributed by atoms with Gasteiger partial charge in [-0.3, -0.25) is 43.3 Å². The Kier molecular flexibility index (Phi) is 45.1. The highest BCUT2D eigenvalue weighted by atomic mass is 31.2. The fourth-order valence-corrected chi connectivity index (χ4v) is 8.08. The van der Waals surface area contributed by atoms with Crippen molar-refractivity contribution in [1.29, 1.82) is 0 Å². The molecule has 0 heterocycles. The largest absolute Gasteiger partial charge is 0.524 e. The lowest BCUT2D eigenvalue weighted by atomic mass is 9.99. The standard InChI is InChI=1S/C29H53NO8.C26H42N3O10P.H2/c1-37-23-24-38-22-16-17-25(31)20-21-26(29(35)36)30-27(32)18-14-12-10-8-6-4-2-3-5-7-9-11-13-15-19-28(33)34;1-4-24(31)28-13-14-37-15-16-38-18-25(32)27-12-6-5-7-19(2)26(33)29-23(20(3)30)17-21-8-10-22(11-9-21)39-40(34,35)36;/h26H,2-24H2,1H3,(H,30,32)(H,33,34)(H,35,36);8-11,19,23H,4-7,12-18H2,1-3H3,(H,27,32)(H,28,31)(H,29,33)(H2,34,35,36);1H/t26-;19-,23-;/m00./s1. The van der Waals surface area contributed by atoms with Crippen LogP contribution in [0.25, 0.3) is 0 Å². The Hall–Kier alpha value is -4.83. The summed E-state index contributed by atoms with van der Waals surface area (Å²) in [5.74, 6) is -3.19. The topological polar surface area (TPSA) is 329 Å². The number of Topliss-reactive ketones (excluding diaryl/α,β-unsaturated/α-hetero) is 2. The first-order valence-corrected chi connectivity index (χ1v) is 29.5. The Balaban J connectivity index is 0. The summed E-state index contributed by atoms with van der Waals surface area (Å²) in [4.78, 5) is 111. The van der Waals surface area contributed by atoms with E-state index in [1.165, 1.54) is 64.0 Å². The number of phosphoric acid groups is 1. The molecule has 0 radical (unpaired) electrons. The maximum atomic E-state index is 12.6. The van der Waals surface area contributed by atoms with Crippen molar-refractivity contribution in [2.24, 2.45) is 5.92 Å². The predicted molar refractivity (Wildman–Crippen MR) is 296 cm³/mol. The fourth-order valence-electron chi connectivity index (χ4n) is 7.68. The number of carbonyl (C=O) groups excluding carboxylic acids is 6. The number of ether oxygens (including phenoxy) is 4. The fraction of sp³-hybridized carbons (Fsp3) is 0.745. The third kappa shape index (κ3) is 46.1. The molecule has 450 valence electrons. The lowest BCUT2D eigenvalue weighted by molar-refractivity contribution is -0.142. The zero-order valence-electron chi connectivity index (χ0n) is 47.0. The van der Waals surface area contributed by atoms with E-state index in [2.05, 4.69) is 25.8 Å². The summed E-state index contributed by atoms with van der Waals surface area (Å²) in [6.45, 7) is 8.14. The molecule has 0 aliphatic carbocycles. The number of hydrogen-bond acceptors (Lipinski definition) is 14. The van der Waals surface area contributed by atoms with Crippen molar-refractivity contribution in [3.63, 3.8) is 0 Å². The van der Waals surface area contributed by atoms with Gasteiger partial charge in [-0.15, -0.1) is 0 Å². The van der Waals surface area contributed by atoms with Gasteiger partial charge in [0.1, 0.15) is 24.2 Å². The minimum absolute atomic E-state index is 0. The van der Waals surface area contributed by atoms with Gasteiger partial charge in [0.15, 0.2) is 5.78 Å². The number of methoxy groups -OCH3 is 1. The average molecular weight is 1130 g/mol. The molecule has 0 fully saturated rings. The summed E-state index contributed by atoms with van der Waals surface area (Å²) < 4.78 is 36.2. The van der Waals surface area contributed by atoms with Gasteiger partial charge in [0.05, 0.1) is 39.1 Å². The van der Waals surface area contributed by atoms with Crippen LogP contribution >= 0.6 is 7.82 Å². The SMILES string of the molecule is CCC(=O)NCCOCCOCC(=O)NCCCC[C@H](C)C(=O)N[C@@H](Cc1ccc(OP(=O)(O)O)cc1)C(C)=O.COCCOCCCC(=O)CC[C@H](NC(=O)CCCCCCCCCCCCCCCCC(=O)O)C(=O)O.[HH]. The van der Waals surface area contributed by atoms with E-state index in [1.54, 1.807) is 33.1 Å². The van der Waals surface area contributed by atoms with Gasteiger partial charge in [-0.05, 0) is 69.6 Å². The van der Waals surface area contributed by atoms with Crippen LogP contribution in [0, 0.1) is 5.92 Å². The van der Waals surface area contributed by atoms with E-state index in [1.807, 2.05) is 0 Å². The molecule has 4 amide bonds. The Labute approximate surface area is 464 Å². The first-order chi connectivity index (χ1) is 37.3. The van der Waals surface area contributed by atoms with Gasteiger partial charge >= 0.3 is 19.8 Å². The molecule has 1 aromatic carbocycles. The highest BCUT2D eigenvalue weighted by molar-refractivity contribution is 7.46. The number of unbranched alkanes of at least 4 members (excludes halogenated alkanes) is 14. The first-order valence-electron chi connectivity index (χ1n) is 27.9. The van der Waals surface area contributed by atoms with Crippen LogP contribution in [-0.4, -0.2) is 146 Å². The molecule has 1 aromatic rings. The molecule has 0 saturated heterocycles. The number of carboxylic acids is 2. The van der Waals surface area contributed by atoms with E-state index in [0.717, 1.165) is 44.9 Å². The van der Waals surface area contributed by atoms with Crippen molar-refractivity contribution >= 4 is 55.0 Å². The maximum absolute atomic E-state index is 12.6. The van der Waals surface area contributed by atoms with E-state index in [4.69, 9.17) is 33.8 Å². The first kappa shape index (κ1) is 73.2. The number of hydrogen-bond donors (Lipinski definition) is 8. The van der Waals surface area contributed by atoms with Gasteiger partial charge in [0.2, 0.25) is 23.6 Å². The number of ketones is 2. The normalized spacial score (nSPS) is 12.3. The molecule has 3 atom stereocenters. The summed E-state index contributed by atoms with van der Waals surface area (Å²) in [7, 11) is -3.07. The number of carbonyl (C=O) groups is 8. The predicted octanol–water partition coefficient (Wildman–Crippen LogP) is 7.18. The van der Waals surface area contributed by atoms with Gasteiger partial charge in [0, 0.05) is 66.3 Å². The van der Waals surface area contributed by atoms with Crippen LogP contribution in [0.3, 0.4) is 0 Å². The Morgan fingerprint density at radius 1 is 0.577 bits per heavy atom. The van der Waals surface area contributed by atoms with Gasteiger partial charge in [0.25, 0.3) is 0 Å². The van der Waals surface area contributed by atoms with Crippen LogP contribution in [-0.2, 0) is 68.3 Å². The summed E-state index contributed by atoms with van der Waals surface area (Å²) in [5.41, 5.74) is 0.691. The number of benzene rings is 1. The van der Waals surface area contributed by atoms with Crippen molar-refractivity contribution in [2.45, 2.75) is 193 Å². The monoisotopic (exact) mass is 1130 g/mol. The van der Waals surface area contributed by atoms with Gasteiger partial charge in [-0.1, -0.05) is 109 Å². The van der Waals surface area contributed by atoms with Gasteiger partial charge in [-0.25, -0.2) is 9.36 Å². The average Bonchev–Trinajstić information content (AvgIpc) is 3.38. The second-order valence-corrected chi connectivity index (χ2v) is 20.5. The van der Waals surface area contributed by atoms with Crippen molar-refractivity contribution in [3.05, 3.63) is 29.8 Å². The number of rotatable bonds is 50. The number of aliphatic carboxylic acids is 2. The molecule has 22 nitrogen and oxygen atoms in total. The number of amides is 4. The second kappa shape index (κ2) is 48.1. The lowest BCUT2D eigenvalue weighted by Gasteiger charge is -2.19. The van der Waals surface area contributed by atoms with E-state index >= 15 is 0 Å². The number of carboxylic acid groups (broad SMARTS) is 2. The molecule has 1 rings (SSSR count). The second-order valence-electron chi connectivity index (χ2n) is 19.3. The van der Waals surface area contributed by atoms with Crippen LogP contribution in [0.2, 0.25) is 0 Å². The molecule has 0 bridgehead atoms. The maximum Gasteiger partial charge on any atom is 0.524 e. The molecule has 8 N–H and O–H groups in total. The molecule has 0 aliphatic heterocycles. The van der Waals surface area contributed by atoms with E-state index in [-0.39, 0.29) is 87.2 Å². The van der Waals surface area contributed by atoms with E-state index in [9.17, 15) is 48.0 Å². The van der Waals surface area contributed by atoms with Crippen LogP contribution in [0.15, 0.2) is 24.3 Å².